The predicted molar refractivity (Wildman–Crippen MR) is 134 cm³/mol. The molecule has 0 bridgehead atoms. The molecule has 0 fully saturated rings. The van der Waals surface area contributed by atoms with Crippen molar-refractivity contribution in [3.05, 3.63) is 83.2 Å². The summed E-state index contributed by atoms with van der Waals surface area (Å²) in [6.07, 6.45) is 1.74. The van der Waals surface area contributed by atoms with Crippen LogP contribution in [0.5, 0.6) is 5.75 Å². The number of hydrogen-bond acceptors (Lipinski definition) is 6. The van der Waals surface area contributed by atoms with Crippen LogP contribution in [0.2, 0.25) is 0 Å². The van der Waals surface area contributed by atoms with Gasteiger partial charge in [-0.15, -0.1) is 0 Å². The molecule has 3 heterocycles. The van der Waals surface area contributed by atoms with Crippen molar-refractivity contribution in [1.29, 1.82) is 0 Å². The fourth-order valence-electron chi connectivity index (χ4n) is 5.74. The maximum Gasteiger partial charge on any atom is 0.341 e. The van der Waals surface area contributed by atoms with Crippen molar-refractivity contribution in [2.45, 2.75) is 38.3 Å². The van der Waals surface area contributed by atoms with Gasteiger partial charge < -0.3 is 19.3 Å². The van der Waals surface area contributed by atoms with Crippen LogP contribution in [0.15, 0.2) is 60.8 Å². The molecule has 6 heteroatoms. The molecule has 6 nitrogen and oxygen atoms in total. The molecule has 3 unspecified atom stereocenters. The van der Waals surface area contributed by atoms with Gasteiger partial charge in [-0.1, -0.05) is 18.2 Å². The number of ether oxygens (including phenoxy) is 2. The Morgan fingerprint density at radius 1 is 1.12 bits per heavy atom. The summed E-state index contributed by atoms with van der Waals surface area (Å²) in [7, 11) is 4.00. The van der Waals surface area contributed by atoms with E-state index in [1.54, 1.807) is 12.3 Å². The third kappa shape index (κ3) is 3.08. The van der Waals surface area contributed by atoms with E-state index in [9.17, 15) is 4.79 Å². The largest absolute Gasteiger partial charge is 0.493 e. The molecule has 0 N–H and O–H groups in total. The molecule has 0 saturated heterocycles. The maximum atomic E-state index is 13.3. The minimum absolute atomic E-state index is 0.0751. The Morgan fingerprint density at radius 3 is 2.65 bits per heavy atom. The Kier molecular flexibility index (Phi) is 5.47. The van der Waals surface area contributed by atoms with Crippen LogP contribution in [0.1, 0.15) is 53.9 Å². The highest BCUT2D eigenvalue weighted by molar-refractivity contribution is 5.95. The highest BCUT2D eigenvalue weighted by Gasteiger charge is 2.60. The Balaban J connectivity index is 1.84. The van der Waals surface area contributed by atoms with Gasteiger partial charge in [-0.25, -0.2) is 4.79 Å². The predicted octanol–water partition coefficient (Wildman–Crippen LogP) is 4.97. The summed E-state index contributed by atoms with van der Waals surface area (Å²) in [5.74, 6) is 0.203. The molecule has 0 radical (unpaired) electrons. The first kappa shape index (κ1) is 22.3. The molecule has 3 atom stereocenters. The van der Waals surface area contributed by atoms with E-state index in [0.717, 1.165) is 23.4 Å². The van der Waals surface area contributed by atoms with Gasteiger partial charge in [0.15, 0.2) is 5.60 Å². The van der Waals surface area contributed by atoms with Crippen molar-refractivity contribution < 1.29 is 14.3 Å². The number of benzene rings is 2. The van der Waals surface area contributed by atoms with E-state index >= 15 is 0 Å². The van der Waals surface area contributed by atoms with Crippen molar-refractivity contribution in [3.8, 4) is 5.75 Å². The fourth-order valence-corrected chi connectivity index (χ4v) is 5.74. The zero-order valence-electron chi connectivity index (χ0n) is 20.4. The molecule has 2 aliphatic heterocycles. The molecule has 1 aromatic heterocycles. The second kappa shape index (κ2) is 8.35. The molecule has 0 spiro atoms. The zero-order chi connectivity index (χ0) is 24.0. The van der Waals surface area contributed by atoms with E-state index in [1.165, 1.54) is 5.69 Å². The van der Waals surface area contributed by atoms with Crippen LogP contribution in [0.4, 0.5) is 11.4 Å². The van der Waals surface area contributed by atoms with Gasteiger partial charge in [0.1, 0.15) is 11.4 Å². The van der Waals surface area contributed by atoms with Crippen LogP contribution in [-0.2, 0) is 10.3 Å². The first-order valence-corrected chi connectivity index (χ1v) is 11.9. The summed E-state index contributed by atoms with van der Waals surface area (Å²) in [6, 6.07) is 18.2. The van der Waals surface area contributed by atoms with Gasteiger partial charge >= 0.3 is 5.97 Å². The molecule has 0 aliphatic carbocycles. The lowest BCUT2D eigenvalue weighted by Crippen LogP contribution is -2.44. The third-order valence-corrected chi connectivity index (χ3v) is 7.15. The molecule has 0 amide bonds. The molecule has 3 aromatic rings. The van der Waals surface area contributed by atoms with Gasteiger partial charge in [0.2, 0.25) is 0 Å². The van der Waals surface area contributed by atoms with E-state index in [2.05, 4.69) is 49.1 Å². The van der Waals surface area contributed by atoms with Crippen LogP contribution >= 0.6 is 0 Å². The van der Waals surface area contributed by atoms with Gasteiger partial charge in [-0.3, -0.25) is 4.98 Å². The zero-order valence-corrected chi connectivity index (χ0v) is 20.4. The smallest absolute Gasteiger partial charge is 0.341 e. The maximum absolute atomic E-state index is 13.3. The molecular formula is C28H31N3O3. The number of likely N-dealkylation sites (N-methyl/N-ethyl adjacent to an activating group) is 1. The minimum Gasteiger partial charge on any atom is -0.493 e. The Morgan fingerprint density at radius 2 is 1.91 bits per heavy atom. The van der Waals surface area contributed by atoms with E-state index in [4.69, 9.17) is 14.5 Å². The molecule has 176 valence electrons. The van der Waals surface area contributed by atoms with Crippen molar-refractivity contribution in [3.63, 3.8) is 0 Å². The second-order valence-electron chi connectivity index (χ2n) is 9.10. The van der Waals surface area contributed by atoms with Crippen LogP contribution in [0.3, 0.4) is 0 Å². The van der Waals surface area contributed by atoms with Gasteiger partial charge in [-0.2, -0.15) is 0 Å². The number of fused-ring (bicyclic) bond motifs is 2. The molecule has 2 aromatic carbocycles. The normalized spacial score (nSPS) is 22.9. The summed E-state index contributed by atoms with van der Waals surface area (Å²) in [5.41, 5.74) is 4.23. The van der Waals surface area contributed by atoms with E-state index in [0.29, 0.717) is 23.6 Å². The number of nitrogens with zero attached hydrogens (tertiary/aromatic N) is 3. The molecule has 0 saturated carbocycles. The first-order valence-electron chi connectivity index (χ1n) is 11.9. The molecule has 2 aliphatic rings. The topological polar surface area (TPSA) is 54.9 Å². The van der Waals surface area contributed by atoms with Gasteiger partial charge in [0.25, 0.3) is 0 Å². The standard InChI is InChI=1S/C28H31N3O3/c1-6-31-18(3)25(20-11-8-9-13-23(20)31)28(26-21(27(32)34-28)12-10-16-29-26)22-15-14-19(30(4)5)17-24(22)33-7-2/h8-18,25H,6-7H2,1-5H3. The highest BCUT2D eigenvalue weighted by Crippen LogP contribution is 2.58. The first-order chi connectivity index (χ1) is 16.4. The number of cyclic esters (lactones) is 1. The fraction of sp³-hybridized carbons (Fsp3) is 0.357. The number of anilines is 2. The van der Waals surface area contributed by atoms with Crippen LogP contribution < -0.4 is 14.5 Å². The number of pyridine rings is 1. The Hall–Kier alpha value is -3.54. The van der Waals surface area contributed by atoms with Crippen molar-refractivity contribution in [2.75, 3.05) is 37.0 Å². The summed E-state index contributed by atoms with van der Waals surface area (Å²) < 4.78 is 12.7. The molecule has 34 heavy (non-hydrogen) atoms. The summed E-state index contributed by atoms with van der Waals surface area (Å²) in [4.78, 5) is 22.5. The van der Waals surface area contributed by atoms with Gasteiger partial charge in [0, 0.05) is 55.9 Å². The van der Waals surface area contributed by atoms with E-state index in [1.807, 2.05) is 44.1 Å². The summed E-state index contributed by atoms with van der Waals surface area (Å²) in [6.45, 7) is 7.69. The van der Waals surface area contributed by atoms with Crippen LogP contribution in [0, 0.1) is 0 Å². The quantitative estimate of drug-likeness (QED) is 0.487. The summed E-state index contributed by atoms with van der Waals surface area (Å²) in [5, 5.41) is 0. The van der Waals surface area contributed by atoms with Gasteiger partial charge in [-0.05, 0) is 56.7 Å². The Labute approximate surface area is 201 Å². The Bertz CT molecular complexity index is 1240. The lowest BCUT2D eigenvalue weighted by molar-refractivity contribution is -0.00613. The summed E-state index contributed by atoms with van der Waals surface area (Å²) >= 11 is 0. The monoisotopic (exact) mass is 457 g/mol. The van der Waals surface area contributed by atoms with Gasteiger partial charge in [0.05, 0.1) is 18.1 Å². The van der Waals surface area contributed by atoms with Crippen LogP contribution in [0.25, 0.3) is 0 Å². The number of para-hydroxylation sites is 1. The van der Waals surface area contributed by atoms with Crippen LogP contribution in [-0.4, -0.2) is 44.2 Å². The minimum atomic E-state index is -1.11. The lowest BCUT2D eigenvalue weighted by atomic mass is 9.72. The highest BCUT2D eigenvalue weighted by atomic mass is 16.6. The van der Waals surface area contributed by atoms with E-state index in [-0.39, 0.29) is 17.9 Å². The number of rotatable bonds is 6. The average Bonchev–Trinajstić information content (AvgIpc) is 3.30. The number of esters is 1. The molecule has 5 rings (SSSR count). The van der Waals surface area contributed by atoms with Crippen molar-refractivity contribution in [1.82, 2.24) is 4.98 Å². The lowest BCUT2D eigenvalue weighted by Gasteiger charge is -2.39. The second-order valence-corrected chi connectivity index (χ2v) is 9.10. The van der Waals surface area contributed by atoms with Crippen molar-refractivity contribution in [2.24, 2.45) is 0 Å². The van der Waals surface area contributed by atoms with Crippen molar-refractivity contribution >= 4 is 17.3 Å². The number of aromatic nitrogens is 1. The SMILES string of the molecule is CCOc1cc(N(C)C)ccc1C1(C2c3ccccc3N(CC)C2C)OC(=O)c2cccnc21. The third-order valence-electron chi connectivity index (χ3n) is 7.15. The number of hydrogen-bond donors (Lipinski definition) is 0. The van der Waals surface area contributed by atoms with E-state index < -0.39 is 5.60 Å². The molecular weight excluding hydrogens is 426 g/mol. The average molecular weight is 458 g/mol. The number of carbonyl (C=O) groups is 1. The number of carbonyl (C=O) groups excluding carboxylic acids is 1.